The molecule has 9 heteroatoms. The number of benzene rings is 3. The topological polar surface area (TPSA) is 81.7 Å². The molecule has 0 unspecified atom stereocenters. The predicted molar refractivity (Wildman–Crippen MR) is 164 cm³/mol. The molecule has 3 aromatic rings. The van der Waals surface area contributed by atoms with Gasteiger partial charge in [-0.25, -0.2) is 0 Å². The van der Waals surface area contributed by atoms with Crippen LogP contribution in [-0.4, -0.2) is 77.0 Å². The first-order chi connectivity index (χ1) is 20.6. The number of methoxy groups -OCH3 is 1. The number of halogens is 1. The SMILES string of the molecule is COCCCN1CCOc2ccc(CO[C@H]3CNC[C@@H](O)[C@@H]3c3ccc(OCCOCc4ccccc4Cl)cc3)cc21. The lowest BCUT2D eigenvalue weighted by molar-refractivity contribution is -0.0328. The Balaban J connectivity index is 1.14. The summed E-state index contributed by atoms with van der Waals surface area (Å²) in [5, 5.41) is 14.9. The van der Waals surface area contributed by atoms with Crippen molar-refractivity contribution in [1.82, 2.24) is 5.32 Å². The lowest BCUT2D eigenvalue weighted by Crippen LogP contribution is -2.49. The fourth-order valence-corrected chi connectivity index (χ4v) is 5.71. The van der Waals surface area contributed by atoms with Gasteiger partial charge in [-0.3, -0.25) is 0 Å². The van der Waals surface area contributed by atoms with E-state index in [1.807, 2.05) is 54.6 Å². The maximum Gasteiger partial charge on any atom is 0.142 e. The Labute approximate surface area is 253 Å². The summed E-state index contributed by atoms with van der Waals surface area (Å²) in [6.45, 7) is 6.17. The number of aliphatic hydroxyl groups excluding tert-OH is 1. The first-order valence-corrected chi connectivity index (χ1v) is 15.0. The van der Waals surface area contributed by atoms with Crippen molar-refractivity contribution in [1.29, 1.82) is 0 Å². The molecule has 2 aliphatic rings. The van der Waals surface area contributed by atoms with E-state index >= 15 is 0 Å². The fourth-order valence-electron chi connectivity index (χ4n) is 5.52. The number of nitrogens with zero attached hydrogens (tertiary/aromatic N) is 1. The molecule has 2 N–H and O–H groups in total. The molecule has 2 aliphatic heterocycles. The molecular weight excluding hydrogens is 556 g/mol. The van der Waals surface area contributed by atoms with Crippen LogP contribution >= 0.6 is 11.6 Å². The Morgan fingerprint density at radius 2 is 1.86 bits per heavy atom. The second-order valence-electron chi connectivity index (χ2n) is 10.6. The van der Waals surface area contributed by atoms with E-state index in [9.17, 15) is 5.11 Å². The van der Waals surface area contributed by atoms with Crippen molar-refractivity contribution in [3.05, 3.63) is 88.4 Å². The molecule has 1 fully saturated rings. The highest BCUT2D eigenvalue weighted by molar-refractivity contribution is 6.31. The molecule has 8 nitrogen and oxygen atoms in total. The Morgan fingerprint density at radius 1 is 1.00 bits per heavy atom. The van der Waals surface area contributed by atoms with Crippen LogP contribution in [0.1, 0.15) is 29.0 Å². The maximum absolute atomic E-state index is 10.9. The summed E-state index contributed by atoms with van der Waals surface area (Å²) >= 11 is 6.18. The highest BCUT2D eigenvalue weighted by Gasteiger charge is 2.34. The second-order valence-corrected chi connectivity index (χ2v) is 11.1. The maximum atomic E-state index is 10.9. The normalized spacial score (nSPS) is 20.2. The number of fused-ring (bicyclic) bond motifs is 1. The molecule has 1 saturated heterocycles. The number of hydrogen-bond acceptors (Lipinski definition) is 8. The minimum atomic E-state index is -0.554. The molecule has 0 bridgehead atoms. The quantitative estimate of drug-likeness (QED) is 0.257. The fraction of sp³-hybridized carbons (Fsp3) is 0.455. The predicted octanol–water partition coefficient (Wildman–Crippen LogP) is 4.80. The molecule has 0 radical (unpaired) electrons. The number of hydrogen-bond donors (Lipinski definition) is 2. The highest BCUT2D eigenvalue weighted by atomic mass is 35.5. The largest absolute Gasteiger partial charge is 0.491 e. The zero-order valence-electron chi connectivity index (χ0n) is 24.2. The summed E-state index contributed by atoms with van der Waals surface area (Å²) in [4.78, 5) is 2.35. The van der Waals surface area contributed by atoms with E-state index in [1.165, 1.54) is 0 Å². The number of β-amino-alcohol motifs (C(OH)–C–C–N with tert-alkyl or cyclic N) is 1. The van der Waals surface area contributed by atoms with E-state index < -0.39 is 6.10 Å². The molecule has 226 valence electrons. The summed E-state index contributed by atoms with van der Waals surface area (Å²) in [6, 6.07) is 21.8. The van der Waals surface area contributed by atoms with Gasteiger partial charge < -0.3 is 39.0 Å². The van der Waals surface area contributed by atoms with Gasteiger partial charge in [0.15, 0.2) is 0 Å². The van der Waals surface area contributed by atoms with Crippen LogP contribution in [0, 0.1) is 0 Å². The third kappa shape index (κ3) is 8.16. The van der Waals surface area contributed by atoms with Crippen LogP contribution in [0.3, 0.4) is 0 Å². The van der Waals surface area contributed by atoms with Gasteiger partial charge in [-0.1, -0.05) is 48.0 Å². The Hall–Kier alpha value is -2.85. The van der Waals surface area contributed by atoms with Crippen LogP contribution in [-0.2, 0) is 27.4 Å². The molecular formula is C33H41ClN2O6. The van der Waals surface area contributed by atoms with Crippen molar-refractivity contribution in [2.75, 3.05) is 64.6 Å². The summed E-state index contributed by atoms with van der Waals surface area (Å²) < 4.78 is 29.1. The van der Waals surface area contributed by atoms with Crippen molar-refractivity contribution < 1.29 is 28.8 Å². The molecule has 0 aromatic heterocycles. The van der Waals surface area contributed by atoms with Gasteiger partial charge in [0, 0.05) is 44.3 Å². The minimum Gasteiger partial charge on any atom is -0.491 e. The van der Waals surface area contributed by atoms with Crippen molar-refractivity contribution in [2.45, 2.75) is 37.8 Å². The smallest absolute Gasteiger partial charge is 0.142 e. The van der Waals surface area contributed by atoms with Gasteiger partial charge in [0.2, 0.25) is 0 Å². The van der Waals surface area contributed by atoms with Crippen LogP contribution in [0.15, 0.2) is 66.7 Å². The summed E-state index contributed by atoms with van der Waals surface area (Å²) in [5.41, 5.74) is 4.16. The van der Waals surface area contributed by atoms with Crippen LogP contribution < -0.4 is 19.7 Å². The Kier molecular flexibility index (Phi) is 11.3. The molecule has 5 rings (SSSR count). The third-order valence-corrected chi connectivity index (χ3v) is 8.08. The Bertz CT molecular complexity index is 1260. The van der Waals surface area contributed by atoms with E-state index in [4.69, 9.17) is 35.3 Å². The number of aliphatic hydroxyl groups is 1. The highest BCUT2D eigenvalue weighted by Crippen LogP contribution is 2.34. The average Bonchev–Trinajstić information content (AvgIpc) is 3.01. The van der Waals surface area contributed by atoms with Gasteiger partial charge in [0.05, 0.1) is 44.3 Å². The van der Waals surface area contributed by atoms with Crippen molar-refractivity contribution in [3.63, 3.8) is 0 Å². The number of ether oxygens (including phenoxy) is 5. The average molecular weight is 597 g/mol. The molecule has 3 aromatic carbocycles. The van der Waals surface area contributed by atoms with Gasteiger partial charge in [-0.2, -0.15) is 0 Å². The van der Waals surface area contributed by atoms with E-state index in [0.717, 1.165) is 60.0 Å². The molecule has 0 spiro atoms. The lowest BCUT2D eigenvalue weighted by Gasteiger charge is -2.36. The number of nitrogens with one attached hydrogen (secondary N) is 1. The van der Waals surface area contributed by atoms with Crippen LogP contribution in [0.25, 0.3) is 0 Å². The van der Waals surface area contributed by atoms with Crippen molar-refractivity contribution in [2.24, 2.45) is 0 Å². The molecule has 3 atom stereocenters. The van der Waals surface area contributed by atoms with E-state index in [1.54, 1.807) is 7.11 Å². The van der Waals surface area contributed by atoms with Crippen LogP contribution in [0.2, 0.25) is 5.02 Å². The summed E-state index contributed by atoms with van der Waals surface area (Å²) in [7, 11) is 1.73. The van der Waals surface area contributed by atoms with Crippen molar-refractivity contribution in [3.8, 4) is 11.5 Å². The van der Waals surface area contributed by atoms with Crippen LogP contribution in [0.5, 0.6) is 11.5 Å². The van der Waals surface area contributed by atoms with Gasteiger partial charge in [0.1, 0.15) is 24.7 Å². The molecule has 0 aliphatic carbocycles. The number of anilines is 1. The number of rotatable bonds is 14. The molecule has 0 saturated carbocycles. The second kappa shape index (κ2) is 15.6. The van der Waals surface area contributed by atoms with Gasteiger partial charge in [-0.15, -0.1) is 0 Å². The monoisotopic (exact) mass is 596 g/mol. The number of piperidine rings is 1. The van der Waals surface area contributed by atoms with E-state index in [2.05, 4.69) is 22.3 Å². The first-order valence-electron chi connectivity index (χ1n) is 14.7. The summed E-state index contributed by atoms with van der Waals surface area (Å²) in [6.07, 6.45) is 0.233. The zero-order chi connectivity index (χ0) is 29.1. The first kappa shape index (κ1) is 30.6. The van der Waals surface area contributed by atoms with E-state index in [-0.39, 0.29) is 12.0 Å². The summed E-state index contributed by atoms with van der Waals surface area (Å²) in [5.74, 6) is 1.52. The van der Waals surface area contributed by atoms with E-state index in [0.29, 0.717) is 51.1 Å². The van der Waals surface area contributed by atoms with Gasteiger partial charge >= 0.3 is 0 Å². The zero-order valence-corrected chi connectivity index (χ0v) is 24.9. The van der Waals surface area contributed by atoms with Crippen LogP contribution in [0.4, 0.5) is 5.69 Å². The molecule has 0 amide bonds. The minimum absolute atomic E-state index is 0.147. The molecule has 2 heterocycles. The molecule has 42 heavy (non-hydrogen) atoms. The third-order valence-electron chi connectivity index (χ3n) is 7.71. The lowest BCUT2D eigenvalue weighted by atomic mass is 9.85. The standard InChI is InChI=1S/C33H41ClN2O6/c1-38-15-4-13-36-14-16-41-31-12-7-24(19-29(31)36)22-42-32-21-35-20-30(37)33(32)25-8-10-27(11-9-25)40-18-17-39-23-26-5-2-3-6-28(26)34/h2-3,5-12,19,30,32-33,35,37H,4,13-18,20-23H2,1H3/t30-,32+,33+/m1/s1. The Morgan fingerprint density at radius 3 is 2.69 bits per heavy atom. The van der Waals surface area contributed by atoms with Gasteiger partial charge in [0.25, 0.3) is 0 Å². The van der Waals surface area contributed by atoms with Gasteiger partial charge in [-0.05, 0) is 53.4 Å². The van der Waals surface area contributed by atoms with Crippen molar-refractivity contribution >= 4 is 17.3 Å².